The first kappa shape index (κ1) is 27.9. The third-order valence-electron chi connectivity index (χ3n) is 8.37. The van der Waals surface area contributed by atoms with Gasteiger partial charge in [-0.3, -0.25) is 14.3 Å². The van der Waals surface area contributed by atoms with E-state index in [0.717, 1.165) is 62.2 Å². The van der Waals surface area contributed by atoms with E-state index in [1.54, 1.807) is 0 Å². The molecule has 38 heavy (non-hydrogen) atoms. The second-order valence-electron chi connectivity index (χ2n) is 10.3. The van der Waals surface area contributed by atoms with E-state index in [2.05, 4.69) is 40.7 Å². The molecule has 2 aliphatic rings. The summed E-state index contributed by atoms with van der Waals surface area (Å²) in [6.45, 7) is 6.02. The molecule has 0 aromatic heterocycles. The Kier molecular flexibility index (Phi) is 9.26. The zero-order chi connectivity index (χ0) is 25.7. The van der Waals surface area contributed by atoms with Crippen LogP contribution in [0.4, 0.5) is 0 Å². The number of amides is 1. The number of nitrogens with two attached hydrogens (primary N) is 1. The first-order chi connectivity index (χ1) is 18.1. The van der Waals surface area contributed by atoms with E-state index in [-0.39, 0.29) is 28.8 Å². The number of hydrogen-bond acceptors (Lipinski definition) is 3. The van der Waals surface area contributed by atoms with Gasteiger partial charge in [0, 0.05) is 13.3 Å². The molecule has 3 aromatic carbocycles. The maximum absolute atomic E-state index is 13.4. The molecule has 1 aliphatic heterocycles. The lowest BCUT2D eigenvalue weighted by Crippen LogP contribution is -3.00. The van der Waals surface area contributed by atoms with Crippen molar-refractivity contribution in [2.45, 2.75) is 44.1 Å². The predicted molar refractivity (Wildman–Crippen MR) is 148 cm³/mol. The van der Waals surface area contributed by atoms with Crippen molar-refractivity contribution in [3.8, 4) is 5.75 Å². The Morgan fingerprint density at radius 3 is 2.11 bits per heavy atom. The summed E-state index contributed by atoms with van der Waals surface area (Å²) in [5, 5.41) is 0. The number of carbonyl (C=O) groups excluding carboxylic acids is 1. The maximum Gasteiger partial charge on any atom is 0.244 e. The van der Waals surface area contributed by atoms with Crippen LogP contribution in [0.15, 0.2) is 91.0 Å². The fourth-order valence-electron chi connectivity index (χ4n) is 6.58. The van der Waals surface area contributed by atoms with Crippen LogP contribution in [0.25, 0.3) is 0 Å². The first-order valence-electron chi connectivity index (χ1n) is 13.5. The van der Waals surface area contributed by atoms with E-state index in [1.807, 2.05) is 66.7 Å². The van der Waals surface area contributed by atoms with Crippen LogP contribution in [0.2, 0.25) is 0 Å². The lowest BCUT2D eigenvalue weighted by molar-refractivity contribution is -0.519. The molecule has 0 radical (unpaired) electrons. The third-order valence-corrected chi connectivity index (χ3v) is 8.37. The highest BCUT2D eigenvalue weighted by Gasteiger charge is 2.52. The van der Waals surface area contributed by atoms with Gasteiger partial charge in [0.25, 0.3) is 0 Å². The van der Waals surface area contributed by atoms with Gasteiger partial charge in [0.05, 0.1) is 19.2 Å². The van der Waals surface area contributed by atoms with Crippen molar-refractivity contribution >= 4 is 11.7 Å². The average molecular weight is 577 g/mol. The molecule has 2 N–H and O–H groups in total. The molecule has 1 saturated carbocycles. The molecule has 0 bridgehead atoms. The number of rotatable bonds is 10. The standard InChI is InChI=1S/C32H37N3O2.BrH/c1-25-34(20-11-23-37-30-16-9-4-10-17-30)21-22-35(25)29-19-18-28(24-29)32(31(33)36,26-12-5-2-6-13-26)27-14-7-3-8-15-27;/h2-10,12-17,28-29H,11,18-24H2,1H3,(H-,33,36);1H. The molecule has 0 spiro atoms. The third kappa shape index (κ3) is 5.51. The van der Waals surface area contributed by atoms with Crippen molar-refractivity contribution in [2.24, 2.45) is 11.7 Å². The van der Waals surface area contributed by atoms with Gasteiger partial charge >= 0.3 is 0 Å². The van der Waals surface area contributed by atoms with E-state index in [1.165, 1.54) is 5.84 Å². The van der Waals surface area contributed by atoms with Gasteiger partial charge in [-0.05, 0) is 48.4 Å². The Morgan fingerprint density at radius 2 is 1.53 bits per heavy atom. The number of amidine groups is 1. The molecule has 2 unspecified atom stereocenters. The van der Waals surface area contributed by atoms with Gasteiger partial charge in [-0.1, -0.05) is 78.9 Å². The molecule has 1 amide bonds. The monoisotopic (exact) mass is 575 g/mol. The van der Waals surface area contributed by atoms with E-state index in [4.69, 9.17) is 10.5 Å². The van der Waals surface area contributed by atoms with Crippen LogP contribution in [0.3, 0.4) is 0 Å². The fourth-order valence-corrected chi connectivity index (χ4v) is 6.58. The Hall–Kier alpha value is -3.12. The van der Waals surface area contributed by atoms with Gasteiger partial charge in [-0.2, -0.15) is 0 Å². The van der Waals surface area contributed by atoms with Crippen molar-refractivity contribution in [2.75, 3.05) is 26.2 Å². The van der Waals surface area contributed by atoms with Gasteiger partial charge in [0.15, 0.2) is 0 Å². The molecule has 1 heterocycles. The Labute approximate surface area is 237 Å². The quantitative estimate of drug-likeness (QED) is 0.296. The molecule has 6 heteroatoms. The van der Waals surface area contributed by atoms with Crippen LogP contribution < -0.4 is 27.5 Å². The van der Waals surface area contributed by atoms with Crippen LogP contribution >= 0.6 is 0 Å². The molecule has 1 aliphatic carbocycles. The molecular weight excluding hydrogens is 538 g/mol. The minimum absolute atomic E-state index is 0. The van der Waals surface area contributed by atoms with E-state index >= 15 is 0 Å². The molecule has 2 atom stereocenters. The SMILES string of the molecule is CC1=[N+](CCCOc2ccccc2)CCN1C1CCC(C(C(N)=O)(c2ccccc2)c2ccccc2)C1.[Br-]. The largest absolute Gasteiger partial charge is 1.00 e. The number of primary amides is 1. The Bertz CT molecular complexity index is 1180. The summed E-state index contributed by atoms with van der Waals surface area (Å²) in [5.41, 5.74) is 7.48. The Balaban J connectivity index is 0.00000336. The minimum Gasteiger partial charge on any atom is -1.00 e. The number of ether oxygens (including phenoxy) is 1. The van der Waals surface area contributed by atoms with Crippen molar-refractivity contribution in [1.82, 2.24) is 4.90 Å². The molecule has 5 nitrogen and oxygen atoms in total. The zero-order valence-corrected chi connectivity index (χ0v) is 23.7. The number of halogens is 1. The summed E-state index contributed by atoms with van der Waals surface area (Å²) in [6.07, 6.45) is 3.99. The highest BCUT2D eigenvalue weighted by atomic mass is 79.9. The first-order valence-corrected chi connectivity index (χ1v) is 13.5. The van der Waals surface area contributed by atoms with E-state index < -0.39 is 5.41 Å². The number of para-hydroxylation sites is 1. The summed E-state index contributed by atoms with van der Waals surface area (Å²) < 4.78 is 8.38. The van der Waals surface area contributed by atoms with Crippen LogP contribution in [-0.4, -0.2) is 53.5 Å². The highest BCUT2D eigenvalue weighted by Crippen LogP contribution is 2.48. The second kappa shape index (κ2) is 12.6. The number of hydrogen-bond donors (Lipinski definition) is 1. The fraction of sp³-hybridized carbons (Fsp3) is 0.375. The van der Waals surface area contributed by atoms with E-state index in [0.29, 0.717) is 12.6 Å². The van der Waals surface area contributed by atoms with Crippen molar-refractivity contribution in [1.29, 1.82) is 0 Å². The molecule has 200 valence electrons. The van der Waals surface area contributed by atoms with Gasteiger partial charge in [-0.25, -0.2) is 0 Å². The van der Waals surface area contributed by atoms with Crippen LogP contribution in [0.5, 0.6) is 5.75 Å². The summed E-state index contributed by atoms with van der Waals surface area (Å²) in [7, 11) is 0. The highest BCUT2D eigenvalue weighted by molar-refractivity contribution is 5.91. The van der Waals surface area contributed by atoms with Crippen LogP contribution in [-0.2, 0) is 10.2 Å². The zero-order valence-electron chi connectivity index (χ0n) is 22.1. The van der Waals surface area contributed by atoms with E-state index in [9.17, 15) is 4.79 Å². The molecule has 5 rings (SSSR count). The van der Waals surface area contributed by atoms with Crippen molar-refractivity contribution in [3.05, 3.63) is 102 Å². The summed E-state index contributed by atoms with van der Waals surface area (Å²) >= 11 is 0. The molecule has 1 fully saturated rings. The molecule has 3 aromatic rings. The molecular formula is C32H38BrN3O2. The number of benzene rings is 3. The topological polar surface area (TPSA) is 58.6 Å². The summed E-state index contributed by atoms with van der Waals surface area (Å²) in [4.78, 5) is 16.0. The van der Waals surface area contributed by atoms with Crippen molar-refractivity contribution < 1.29 is 31.1 Å². The van der Waals surface area contributed by atoms with Crippen molar-refractivity contribution in [3.63, 3.8) is 0 Å². The maximum atomic E-state index is 13.4. The number of carbonyl (C=O) groups is 1. The molecule has 0 saturated heterocycles. The number of nitrogens with zero attached hydrogens (tertiary/aromatic N) is 2. The smallest absolute Gasteiger partial charge is 0.244 e. The van der Waals surface area contributed by atoms with Gasteiger partial charge < -0.3 is 27.5 Å². The summed E-state index contributed by atoms with van der Waals surface area (Å²) in [5.74, 6) is 2.17. The van der Waals surface area contributed by atoms with Crippen LogP contribution in [0.1, 0.15) is 43.7 Å². The van der Waals surface area contributed by atoms with Gasteiger partial charge in [0.2, 0.25) is 11.7 Å². The lowest BCUT2D eigenvalue weighted by atomic mass is 9.64. The second-order valence-corrected chi connectivity index (χ2v) is 10.3. The minimum atomic E-state index is -0.820. The van der Waals surface area contributed by atoms with Gasteiger partial charge in [0.1, 0.15) is 24.3 Å². The lowest BCUT2D eigenvalue weighted by Gasteiger charge is -2.37. The Morgan fingerprint density at radius 1 is 0.947 bits per heavy atom. The average Bonchev–Trinajstić information content (AvgIpc) is 3.56. The van der Waals surface area contributed by atoms with Gasteiger partial charge in [-0.15, -0.1) is 0 Å². The van der Waals surface area contributed by atoms with Crippen LogP contribution in [0, 0.1) is 5.92 Å². The normalized spacial score (nSPS) is 19.3. The summed E-state index contributed by atoms with van der Waals surface area (Å²) in [6, 6.07) is 30.8. The predicted octanol–water partition coefficient (Wildman–Crippen LogP) is 1.85.